The molecule has 2 aromatic rings. The van der Waals surface area contributed by atoms with E-state index in [0.717, 1.165) is 17.1 Å². The highest BCUT2D eigenvalue weighted by Gasteiger charge is 2.07. The van der Waals surface area contributed by atoms with Crippen LogP contribution in [-0.2, 0) is 13.1 Å². The molecule has 2 N–H and O–H groups in total. The fraction of sp³-hybridized carbons (Fsp3) is 0.400. The smallest absolute Gasteiger partial charge is 0.246 e. The van der Waals surface area contributed by atoms with Gasteiger partial charge >= 0.3 is 0 Å². The molecule has 0 fully saturated rings. The van der Waals surface area contributed by atoms with Crippen LogP contribution >= 0.6 is 0 Å². The van der Waals surface area contributed by atoms with Crippen LogP contribution in [-0.4, -0.2) is 37.4 Å². The Bertz CT molecular complexity index is 669. The van der Waals surface area contributed by atoms with Crippen LogP contribution in [0.25, 0.3) is 0 Å². The van der Waals surface area contributed by atoms with Crippen LogP contribution in [0.5, 0.6) is 11.5 Å². The summed E-state index contributed by atoms with van der Waals surface area (Å²) in [5, 5.41) is 10.0. The summed E-state index contributed by atoms with van der Waals surface area (Å²) in [6.07, 6.45) is 0. The molecule has 2 rings (SSSR count). The molecular formula is C15H21N5O3. The van der Waals surface area contributed by atoms with E-state index in [1.54, 1.807) is 28.2 Å². The van der Waals surface area contributed by atoms with Gasteiger partial charge in [-0.05, 0) is 19.1 Å². The maximum absolute atomic E-state index is 5.37. The molecule has 0 bridgehead atoms. The normalized spacial score (nSPS) is 11.2. The molecule has 0 saturated heterocycles. The van der Waals surface area contributed by atoms with Crippen molar-refractivity contribution in [3.05, 3.63) is 35.5 Å². The molecule has 8 nitrogen and oxygen atoms in total. The number of benzene rings is 1. The van der Waals surface area contributed by atoms with E-state index in [9.17, 15) is 0 Å². The van der Waals surface area contributed by atoms with Gasteiger partial charge in [-0.15, -0.1) is 0 Å². The Hall–Kier alpha value is -2.77. The van der Waals surface area contributed by atoms with Gasteiger partial charge < -0.3 is 24.6 Å². The van der Waals surface area contributed by atoms with Crippen LogP contribution in [0.1, 0.15) is 17.3 Å². The van der Waals surface area contributed by atoms with Crippen LogP contribution in [0.4, 0.5) is 0 Å². The maximum Gasteiger partial charge on any atom is 0.246 e. The SMILES string of the molecule is CN=C(NCc1nc(C)no1)NCc1ccc(OC)cc1OC. The molecule has 8 heteroatoms. The zero-order valence-corrected chi connectivity index (χ0v) is 13.7. The van der Waals surface area contributed by atoms with E-state index < -0.39 is 0 Å². The van der Waals surface area contributed by atoms with Crippen molar-refractivity contribution in [3.8, 4) is 11.5 Å². The lowest BCUT2D eigenvalue weighted by Gasteiger charge is -2.13. The van der Waals surface area contributed by atoms with E-state index in [2.05, 4.69) is 25.8 Å². The van der Waals surface area contributed by atoms with Crippen molar-refractivity contribution in [3.63, 3.8) is 0 Å². The van der Waals surface area contributed by atoms with Gasteiger partial charge in [-0.3, -0.25) is 4.99 Å². The summed E-state index contributed by atoms with van der Waals surface area (Å²) >= 11 is 0. The predicted octanol–water partition coefficient (Wildman–Crippen LogP) is 1.26. The first-order chi connectivity index (χ1) is 11.2. The van der Waals surface area contributed by atoms with Crippen molar-refractivity contribution in [2.45, 2.75) is 20.0 Å². The number of methoxy groups -OCH3 is 2. The number of aryl methyl sites for hydroxylation is 1. The second-order valence-electron chi connectivity index (χ2n) is 4.69. The van der Waals surface area contributed by atoms with Gasteiger partial charge in [0, 0.05) is 25.2 Å². The molecule has 0 saturated carbocycles. The Morgan fingerprint density at radius 3 is 2.61 bits per heavy atom. The maximum atomic E-state index is 5.37. The Kier molecular flexibility index (Phi) is 5.79. The van der Waals surface area contributed by atoms with Crippen LogP contribution in [0.15, 0.2) is 27.7 Å². The van der Waals surface area contributed by atoms with Crippen molar-refractivity contribution >= 4 is 5.96 Å². The summed E-state index contributed by atoms with van der Waals surface area (Å²) in [6, 6.07) is 5.67. The van der Waals surface area contributed by atoms with Crippen molar-refractivity contribution in [1.29, 1.82) is 0 Å². The van der Waals surface area contributed by atoms with E-state index in [4.69, 9.17) is 14.0 Å². The molecule has 0 radical (unpaired) electrons. The highest BCUT2D eigenvalue weighted by atomic mass is 16.5. The van der Waals surface area contributed by atoms with Crippen molar-refractivity contribution in [2.24, 2.45) is 4.99 Å². The van der Waals surface area contributed by atoms with E-state index in [1.165, 1.54) is 0 Å². The topological polar surface area (TPSA) is 93.8 Å². The predicted molar refractivity (Wildman–Crippen MR) is 85.6 cm³/mol. The Morgan fingerprint density at radius 2 is 2.00 bits per heavy atom. The van der Waals surface area contributed by atoms with Crippen LogP contribution in [0.3, 0.4) is 0 Å². The molecule has 0 spiro atoms. The number of hydrogen-bond donors (Lipinski definition) is 2. The molecule has 23 heavy (non-hydrogen) atoms. The second-order valence-corrected chi connectivity index (χ2v) is 4.69. The zero-order chi connectivity index (χ0) is 16.7. The molecule has 0 aliphatic heterocycles. The molecule has 0 unspecified atom stereocenters. The summed E-state index contributed by atoms with van der Waals surface area (Å²) in [5.74, 6) is 3.23. The molecule has 1 aromatic carbocycles. The number of hydrogen-bond acceptors (Lipinski definition) is 6. The van der Waals surface area contributed by atoms with E-state index in [0.29, 0.717) is 30.8 Å². The molecule has 0 aliphatic rings. The van der Waals surface area contributed by atoms with Gasteiger partial charge in [-0.2, -0.15) is 4.98 Å². The summed E-state index contributed by atoms with van der Waals surface area (Å²) in [5.41, 5.74) is 0.991. The molecule has 0 amide bonds. The number of rotatable bonds is 6. The van der Waals surface area contributed by atoms with Crippen LogP contribution in [0, 0.1) is 6.92 Å². The van der Waals surface area contributed by atoms with Crippen LogP contribution in [0.2, 0.25) is 0 Å². The minimum atomic E-state index is 0.403. The van der Waals surface area contributed by atoms with Gasteiger partial charge in [0.2, 0.25) is 5.89 Å². The van der Waals surface area contributed by atoms with Crippen molar-refractivity contribution in [1.82, 2.24) is 20.8 Å². The molecule has 0 atom stereocenters. The lowest BCUT2D eigenvalue weighted by molar-refractivity contribution is 0.371. The summed E-state index contributed by atoms with van der Waals surface area (Å²) in [4.78, 5) is 8.28. The average molecular weight is 319 g/mol. The third-order valence-electron chi connectivity index (χ3n) is 3.14. The van der Waals surface area contributed by atoms with E-state index >= 15 is 0 Å². The lowest BCUT2D eigenvalue weighted by atomic mass is 10.2. The highest BCUT2D eigenvalue weighted by molar-refractivity contribution is 5.79. The molecule has 124 valence electrons. The fourth-order valence-corrected chi connectivity index (χ4v) is 1.97. The number of ether oxygens (including phenoxy) is 2. The summed E-state index contributed by atoms with van der Waals surface area (Å²) in [6.45, 7) is 2.73. The van der Waals surface area contributed by atoms with Gasteiger partial charge in [0.15, 0.2) is 11.8 Å². The van der Waals surface area contributed by atoms with Crippen molar-refractivity contribution < 1.29 is 14.0 Å². The first-order valence-corrected chi connectivity index (χ1v) is 7.11. The number of nitrogens with zero attached hydrogens (tertiary/aromatic N) is 3. The summed E-state index contributed by atoms with van der Waals surface area (Å²) < 4.78 is 15.6. The summed E-state index contributed by atoms with van der Waals surface area (Å²) in [7, 11) is 4.95. The number of aliphatic imine (C=N–C) groups is 1. The highest BCUT2D eigenvalue weighted by Crippen LogP contribution is 2.24. The second kappa shape index (κ2) is 8.02. The number of guanidine groups is 1. The van der Waals surface area contributed by atoms with Crippen LogP contribution < -0.4 is 20.1 Å². The fourth-order valence-electron chi connectivity index (χ4n) is 1.97. The third kappa shape index (κ3) is 4.60. The first kappa shape index (κ1) is 16.6. The van der Waals surface area contributed by atoms with Gasteiger partial charge in [-0.1, -0.05) is 5.16 Å². The standard InChI is InChI=1S/C15H21N5O3/c1-10-19-14(23-20-10)9-18-15(16-2)17-8-11-5-6-12(21-3)7-13(11)22-4/h5-7H,8-9H2,1-4H3,(H2,16,17,18). The number of aromatic nitrogens is 2. The molecular weight excluding hydrogens is 298 g/mol. The minimum Gasteiger partial charge on any atom is -0.497 e. The average Bonchev–Trinajstić information content (AvgIpc) is 3.00. The van der Waals surface area contributed by atoms with Gasteiger partial charge in [0.25, 0.3) is 0 Å². The lowest BCUT2D eigenvalue weighted by Crippen LogP contribution is -2.36. The monoisotopic (exact) mass is 319 g/mol. The Balaban J connectivity index is 1.92. The first-order valence-electron chi connectivity index (χ1n) is 7.11. The van der Waals surface area contributed by atoms with Crippen molar-refractivity contribution in [2.75, 3.05) is 21.3 Å². The van der Waals surface area contributed by atoms with Gasteiger partial charge in [-0.25, -0.2) is 0 Å². The minimum absolute atomic E-state index is 0.403. The van der Waals surface area contributed by atoms with Gasteiger partial charge in [0.1, 0.15) is 11.5 Å². The van der Waals surface area contributed by atoms with E-state index in [1.807, 2.05) is 18.2 Å². The zero-order valence-electron chi connectivity index (χ0n) is 13.7. The Labute approximate surface area is 134 Å². The van der Waals surface area contributed by atoms with Gasteiger partial charge in [0.05, 0.1) is 20.8 Å². The molecule has 0 aliphatic carbocycles. The quantitative estimate of drug-likeness (QED) is 0.611. The Morgan fingerprint density at radius 1 is 1.22 bits per heavy atom. The molecule has 1 heterocycles. The number of nitrogens with one attached hydrogen (secondary N) is 2. The van der Waals surface area contributed by atoms with E-state index in [-0.39, 0.29) is 0 Å². The third-order valence-corrected chi connectivity index (χ3v) is 3.14. The largest absolute Gasteiger partial charge is 0.497 e. The molecule has 1 aromatic heterocycles.